The molecule has 0 spiro atoms. The lowest BCUT2D eigenvalue weighted by Crippen LogP contribution is -2.01. The molecular weight excluding hydrogens is 256 g/mol. The van der Waals surface area contributed by atoms with Crippen molar-refractivity contribution >= 4 is 17.4 Å². The van der Waals surface area contributed by atoms with E-state index in [0.717, 1.165) is 5.56 Å². The standard InChI is InChI=1S/C11H7ClN4O2/c12-10-7-15(14-11(10)16(17)18)6-9-3-1-2-8(4-9)5-13/h1-4,7H,6H2. The molecular formula is C11H7ClN4O2. The zero-order valence-electron chi connectivity index (χ0n) is 9.08. The molecule has 0 aliphatic rings. The molecule has 1 heterocycles. The second kappa shape index (κ2) is 4.85. The maximum Gasteiger partial charge on any atom is 0.408 e. The van der Waals surface area contributed by atoms with Gasteiger partial charge in [0.05, 0.1) is 29.5 Å². The van der Waals surface area contributed by atoms with Crippen molar-refractivity contribution in [2.75, 3.05) is 0 Å². The van der Waals surface area contributed by atoms with Crippen LogP contribution >= 0.6 is 11.6 Å². The molecule has 0 saturated carbocycles. The highest BCUT2D eigenvalue weighted by molar-refractivity contribution is 6.32. The number of nitrogens with zero attached hydrogens (tertiary/aromatic N) is 4. The second-order valence-corrected chi connectivity index (χ2v) is 3.97. The first-order valence-corrected chi connectivity index (χ1v) is 5.34. The summed E-state index contributed by atoms with van der Waals surface area (Å²) in [5, 5.41) is 23.1. The van der Waals surface area contributed by atoms with Gasteiger partial charge < -0.3 is 10.1 Å². The van der Waals surface area contributed by atoms with E-state index in [9.17, 15) is 10.1 Å². The van der Waals surface area contributed by atoms with E-state index in [0.29, 0.717) is 12.1 Å². The minimum absolute atomic E-state index is 0.00330. The van der Waals surface area contributed by atoms with Crippen molar-refractivity contribution in [1.82, 2.24) is 9.78 Å². The van der Waals surface area contributed by atoms with Crippen molar-refractivity contribution in [3.63, 3.8) is 0 Å². The van der Waals surface area contributed by atoms with Gasteiger partial charge >= 0.3 is 5.82 Å². The molecule has 0 fully saturated rings. The van der Waals surface area contributed by atoms with Gasteiger partial charge in [-0.1, -0.05) is 23.7 Å². The van der Waals surface area contributed by atoms with Gasteiger partial charge in [0.25, 0.3) is 0 Å². The smallest absolute Gasteiger partial charge is 0.358 e. The summed E-state index contributed by atoms with van der Waals surface area (Å²) >= 11 is 5.69. The predicted octanol–water partition coefficient (Wildman–Crippen LogP) is 2.36. The third-order valence-electron chi connectivity index (χ3n) is 2.27. The Hall–Kier alpha value is -2.39. The zero-order chi connectivity index (χ0) is 13.1. The van der Waals surface area contributed by atoms with E-state index in [1.165, 1.54) is 10.9 Å². The number of aromatic nitrogens is 2. The lowest BCUT2D eigenvalue weighted by atomic mass is 10.1. The SMILES string of the molecule is N#Cc1cccc(Cn2cc(Cl)c([N+](=O)[O-])n2)c1. The highest BCUT2D eigenvalue weighted by Gasteiger charge is 2.18. The van der Waals surface area contributed by atoms with Crippen LogP contribution in [-0.2, 0) is 6.54 Å². The predicted molar refractivity (Wildman–Crippen MR) is 64.2 cm³/mol. The van der Waals surface area contributed by atoms with Crippen LogP contribution in [0.4, 0.5) is 5.82 Å². The summed E-state index contributed by atoms with van der Waals surface area (Å²) in [4.78, 5) is 9.96. The molecule has 1 aromatic heterocycles. The molecule has 0 radical (unpaired) electrons. The van der Waals surface area contributed by atoms with Gasteiger partial charge in [-0.2, -0.15) is 9.94 Å². The molecule has 2 rings (SSSR count). The molecule has 0 amide bonds. The molecule has 0 bridgehead atoms. The van der Waals surface area contributed by atoms with E-state index in [-0.39, 0.29) is 10.8 Å². The molecule has 0 N–H and O–H groups in total. The summed E-state index contributed by atoms with van der Waals surface area (Å²) in [6.45, 7) is 0.322. The molecule has 0 aliphatic carbocycles. The number of rotatable bonds is 3. The van der Waals surface area contributed by atoms with Crippen LogP contribution in [0.25, 0.3) is 0 Å². The molecule has 2 aromatic rings. The third-order valence-corrected chi connectivity index (χ3v) is 2.54. The maximum atomic E-state index is 10.6. The van der Waals surface area contributed by atoms with Gasteiger partial charge in [-0.3, -0.25) is 0 Å². The van der Waals surface area contributed by atoms with Crippen molar-refractivity contribution in [1.29, 1.82) is 5.26 Å². The highest BCUT2D eigenvalue weighted by Crippen LogP contribution is 2.21. The first-order valence-electron chi connectivity index (χ1n) is 4.96. The van der Waals surface area contributed by atoms with Crippen LogP contribution in [0.5, 0.6) is 0 Å². The third kappa shape index (κ3) is 2.47. The van der Waals surface area contributed by atoms with Crippen LogP contribution in [0.1, 0.15) is 11.1 Å². The van der Waals surface area contributed by atoms with E-state index in [4.69, 9.17) is 16.9 Å². The van der Waals surface area contributed by atoms with E-state index >= 15 is 0 Å². The second-order valence-electron chi connectivity index (χ2n) is 3.57. The Kier molecular flexibility index (Phi) is 3.26. The molecule has 0 aliphatic heterocycles. The van der Waals surface area contributed by atoms with Crippen LogP contribution in [-0.4, -0.2) is 14.7 Å². The van der Waals surface area contributed by atoms with Gasteiger partial charge in [-0.05, 0) is 22.6 Å². The Balaban J connectivity index is 2.26. The van der Waals surface area contributed by atoms with Gasteiger partial charge in [-0.25, -0.2) is 0 Å². The number of benzene rings is 1. The van der Waals surface area contributed by atoms with Crippen molar-refractivity contribution in [3.8, 4) is 6.07 Å². The van der Waals surface area contributed by atoms with Crippen molar-refractivity contribution in [2.45, 2.75) is 6.54 Å². The van der Waals surface area contributed by atoms with E-state index in [2.05, 4.69) is 5.10 Å². The monoisotopic (exact) mass is 262 g/mol. The summed E-state index contributed by atoms with van der Waals surface area (Å²) in [6.07, 6.45) is 1.39. The fourth-order valence-electron chi connectivity index (χ4n) is 1.52. The van der Waals surface area contributed by atoms with Gasteiger partial charge in [0.15, 0.2) is 5.02 Å². The number of nitriles is 1. The van der Waals surface area contributed by atoms with E-state index in [1.807, 2.05) is 12.1 Å². The molecule has 90 valence electrons. The Morgan fingerprint density at radius 1 is 1.56 bits per heavy atom. The minimum Gasteiger partial charge on any atom is -0.358 e. The van der Waals surface area contributed by atoms with Crippen LogP contribution in [0.3, 0.4) is 0 Å². The fraction of sp³-hybridized carbons (Fsp3) is 0.0909. The molecule has 6 nitrogen and oxygen atoms in total. The quantitative estimate of drug-likeness (QED) is 0.628. The summed E-state index contributed by atoms with van der Waals surface area (Å²) in [7, 11) is 0. The Morgan fingerprint density at radius 2 is 2.33 bits per heavy atom. The topological polar surface area (TPSA) is 84.8 Å². The summed E-state index contributed by atoms with van der Waals surface area (Å²) in [5.74, 6) is -0.367. The first-order chi connectivity index (χ1) is 8.60. The molecule has 0 atom stereocenters. The van der Waals surface area contributed by atoms with Gasteiger partial charge in [0, 0.05) is 0 Å². The Labute approximate surface area is 107 Å². The average Bonchev–Trinajstić information content (AvgIpc) is 2.70. The minimum atomic E-state index is -0.634. The molecule has 18 heavy (non-hydrogen) atoms. The lowest BCUT2D eigenvalue weighted by molar-refractivity contribution is -0.389. The molecule has 0 saturated heterocycles. The lowest BCUT2D eigenvalue weighted by Gasteiger charge is -1.98. The van der Waals surface area contributed by atoms with Gasteiger partial charge in [0.1, 0.15) is 0 Å². The zero-order valence-corrected chi connectivity index (χ0v) is 9.83. The van der Waals surface area contributed by atoms with Crippen molar-refractivity contribution in [2.24, 2.45) is 0 Å². The highest BCUT2D eigenvalue weighted by atomic mass is 35.5. The Morgan fingerprint density at radius 3 is 2.94 bits per heavy atom. The first kappa shape index (κ1) is 12.1. The van der Waals surface area contributed by atoms with Gasteiger partial charge in [0.2, 0.25) is 0 Å². The Bertz CT molecular complexity index is 645. The maximum absolute atomic E-state index is 10.6. The van der Waals surface area contributed by atoms with Crippen LogP contribution < -0.4 is 0 Å². The normalized spacial score (nSPS) is 10.0. The van der Waals surface area contributed by atoms with Crippen LogP contribution in [0.15, 0.2) is 30.5 Å². The molecule has 0 unspecified atom stereocenters. The van der Waals surface area contributed by atoms with Crippen LogP contribution in [0.2, 0.25) is 5.02 Å². The fourth-order valence-corrected chi connectivity index (χ4v) is 1.74. The van der Waals surface area contributed by atoms with Crippen LogP contribution in [0, 0.1) is 21.4 Å². The molecule has 7 heteroatoms. The number of hydrogen-bond donors (Lipinski definition) is 0. The van der Waals surface area contributed by atoms with E-state index in [1.54, 1.807) is 18.2 Å². The largest absolute Gasteiger partial charge is 0.408 e. The summed E-state index contributed by atoms with van der Waals surface area (Å²) < 4.78 is 1.37. The van der Waals surface area contributed by atoms with Crippen molar-refractivity contribution in [3.05, 3.63) is 56.7 Å². The van der Waals surface area contributed by atoms with E-state index < -0.39 is 4.92 Å². The molecule has 1 aromatic carbocycles. The van der Waals surface area contributed by atoms with Crippen molar-refractivity contribution < 1.29 is 4.92 Å². The number of nitro groups is 1. The summed E-state index contributed by atoms with van der Waals surface area (Å²) in [6, 6.07) is 8.95. The number of halogens is 1. The average molecular weight is 263 g/mol. The summed E-state index contributed by atoms with van der Waals surface area (Å²) in [5.41, 5.74) is 1.35. The van der Waals surface area contributed by atoms with Gasteiger partial charge in [-0.15, -0.1) is 0 Å². The number of hydrogen-bond acceptors (Lipinski definition) is 4.